The maximum atomic E-state index is 9.68. The van der Waals surface area contributed by atoms with Crippen LogP contribution in [0.5, 0.6) is 11.5 Å². The van der Waals surface area contributed by atoms with E-state index in [9.17, 15) is 5.11 Å². The van der Waals surface area contributed by atoms with E-state index in [2.05, 4.69) is 21.2 Å². The quantitative estimate of drug-likeness (QED) is 0.323. The Hall–Kier alpha value is -1.30. The second-order valence-corrected chi connectivity index (χ2v) is 8.49. The van der Waals surface area contributed by atoms with Crippen molar-refractivity contribution in [2.24, 2.45) is 0 Å². The molecular formula is C20H14BrCl4NO2. The molecule has 0 aliphatic rings. The highest BCUT2D eigenvalue weighted by Crippen LogP contribution is 2.35. The van der Waals surface area contributed by atoms with Crippen molar-refractivity contribution in [3.63, 3.8) is 0 Å². The largest absolute Gasteiger partial charge is 0.505 e. The molecule has 8 heteroatoms. The van der Waals surface area contributed by atoms with Crippen LogP contribution < -0.4 is 10.1 Å². The van der Waals surface area contributed by atoms with Crippen LogP contribution in [0.3, 0.4) is 0 Å². The second kappa shape index (κ2) is 9.47. The molecule has 0 spiro atoms. The summed E-state index contributed by atoms with van der Waals surface area (Å²) in [5.41, 5.74) is 2.43. The van der Waals surface area contributed by atoms with Gasteiger partial charge >= 0.3 is 0 Å². The smallest absolute Gasteiger partial charge is 0.152 e. The Morgan fingerprint density at radius 2 is 1.57 bits per heavy atom. The van der Waals surface area contributed by atoms with Gasteiger partial charge in [0.2, 0.25) is 0 Å². The minimum Gasteiger partial charge on any atom is -0.505 e. The van der Waals surface area contributed by atoms with E-state index in [1.54, 1.807) is 24.3 Å². The molecule has 0 unspecified atom stereocenters. The zero-order valence-electron chi connectivity index (χ0n) is 14.3. The Morgan fingerprint density at radius 1 is 0.857 bits per heavy atom. The van der Waals surface area contributed by atoms with Crippen molar-refractivity contribution in [2.75, 3.05) is 5.32 Å². The number of halogens is 5. The average Bonchev–Trinajstić information content (AvgIpc) is 2.64. The van der Waals surface area contributed by atoms with E-state index in [-0.39, 0.29) is 15.8 Å². The molecule has 0 amide bonds. The van der Waals surface area contributed by atoms with Crippen molar-refractivity contribution < 1.29 is 9.84 Å². The number of rotatable bonds is 6. The summed E-state index contributed by atoms with van der Waals surface area (Å²) in [5.74, 6) is 0.567. The molecule has 28 heavy (non-hydrogen) atoms. The standard InChI is InChI=1S/C20H14BrCl4NO2/c21-13-2-4-19(28-10-11-1-3-14(22)6-16(11)23)12(5-13)9-26-15-7-17(24)20(27)18(25)8-15/h1-8,26-27H,9-10H2. The van der Waals surface area contributed by atoms with Crippen LogP contribution in [0, 0.1) is 0 Å². The van der Waals surface area contributed by atoms with Crippen LogP contribution in [0.25, 0.3) is 0 Å². The van der Waals surface area contributed by atoms with Gasteiger partial charge in [-0.2, -0.15) is 0 Å². The molecule has 3 aromatic carbocycles. The highest BCUT2D eigenvalue weighted by molar-refractivity contribution is 9.10. The van der Waals surface area contributed by atoms with Crippen LogP contribution in [0.4, 0.5) is 5.69 Å². The predicted molar refractivity (Wildman–Crippen MR) is 120 cm³/mol. The summed E-state index contributed by atoms with van der Waals surface area (Å²) in [6, 6.07) is 14.2. The molecule has 3 nitrogen and oxygen atoms in total. The first-order valence-corrected chi connectivity index (χ1v) is 10.4. The summed E-state index contributed by atoms with van der Waals surface area (Å²) >= 11 is 27.6. The number of aromatic hydroxyl groups is 1. The Morgan fingerprint density at radius 3 is 2.25 bits per heavy atom. The van der Waals surface area contributed by atoms with Crippen molar-refractivity contribution in [3.05, 3.63) is 84.2 Å². The summed E-state index contributed by atoms with van der Waals surface area (Å²) in [7, 11) is 0. The zero-order valence-corrected chi connectivity index (χ0v) is 18.9. The molecule has 0 aromatic heterocycles. The van der Waals surface area contributed by atoms with Crippen molar-refractivity contribution in [3.8, 4) is 11.5 Å². The van der Waals surface area contributed by atoms with Gasteiger partial charge in [-0.1, -0.05) is 68.4 Å². The van der Waals surface area contributed by atoms with E-state index >= 15 is 0 Å². The number of benzene rings is 3. The molecule has 3 aromatic rings. The van der Waals surface area contributed by atoms with Crippen LogP contribution in [-0.2, 0) is 13.2 Å². The molecule has 3 rings (SSSR count). The Bertz CT molecular complexity index is 990. The number of anilines is 1. The molecular weight excluding hydrogens is 508 g/mol. The topological polar surface area (TPSA) is 41.5 Å². The lowest BCUT2D eigenvalue weighted by Crippen LogP contribution is -2.04. The van der Waals surface area contributed by atoms with Crippen molar-refractivity contribution in [1.29, 1.82) is 0 Å². The van der Waals surface area contributed by atoms with Crippen LogP contribution >= 0.6 is 62.3 Å². The predicted octanol–water partition coefficient (Wildman–Crippen LogP) is 7.96. The molecule has 0 saturated heterocycles. The van der Waals surface area contributed by atoms with E-state index in [0.29, 0.717) is 34.6 Å². The second-order valence-electron chi connectivity index (χ2n) is 5.92. The van der Waals surface area contributed by atoms with Gasteiger partial charge in [0.05, 0.1) is 10.0 Å². The van der Waals surface area contributed by atoms with E-state index < -0.39 is 0 Å². The number of ether oxygens (including phenoxy) is 1. The SMILES string of the molecule is Oc1c(Cl)cc(NCc2cc(Br)ccc2OCc2ccc(Cl)cc2Cl)cc1Cl. The third-order valence-electron chi connectivity index (χ3n) is 3.92. The number of phenols is 1. The van der Waals surface area contributed by atoms with E-state index in [1.165, 1.54) is 0 Å². The first-order valence-electron chi connectivity index (χ1n) is 8.10. The zero-order chi connectivity index (χ0) is 20.3. The summed E-state index contributed by atoms with van der Waals surface area (Å²) in [5, 5.41) is 14.4. The first-order chi connectivity index (χ1) is 13.3. The summed E-state index contributed by atoms with van der Waals surface area (Å²) in [4.78, 5) is 0. The number of nitrogens with one attached hydrogen (secondary N) is 1. The van der Waals surface area contributed by atoms with E-state index in [1.807, 2.05) is 24.3 Å². The normalized spacial score (nSPS) is 10.8. The number of hydrogen-bond acceptors (Lipinski definition) is 3. The van der Waals surface area contributed by atoms with Crippen molar-refractivity contribution >= 4 is 68.0 Å². The molecule has 146 valence electrons. The molecule has 2 N–H and O–H groups in total. The van der Waals surface area contributed by atoms with E-state index in [0.717, 1.165) is 15.6 Å². The molecule has 0 aliphatic carbocycles. The lowest BCUT2D eigenvalue weighted by atomic mass is 10.2. The average molecular weight is 522 g/mol. The highest BCUT2D eigenvalue weighted by Gasteiger charge is 2.10. The van der Waals surface area contributed by atoms with Gasteiger partial charge in [-0.3, -0.25) is 0 Å². The van der Waals surface area contributed by atoms with Gasteiger partial charge in [-0.15, -0.1) is 0 Å². The summed E-state index contributed by atoms with van der Waals surface area (Å²) in [6.07, 6.45) is 0. The third-order valence-corrected chi connectivity index (χ3v) is 5.58. The van der Waals surface area contributed by atoms with E-state index in [4.69, 9.17) is 51.1 Å². The summed E-state index contributed by atoms with van der Waals surface area (Å²) in [6.45, 7) is 0.766. The lowest BCUT2D eigenvalue weighted by molar-refractivity contribution is 0.303. The molecule has 0 radical (unpaired) electrons. The maximum absolute atomic E-state index is 9.68. The fourth-order valence-electron chi connectivity index (χ4n) is 2.49. The minimum atomic E-state index is -0.139. The Kier molecular flexibility index (Phi) is 7.24. The molecule has 0 aliphatic heterocycles. The number of phenolic OH excluding ortho intramolecular Hbond substituents is 1. The van der Waals surface area contributed by atoms with Crippen LogP contribution in [0.2, 0.25) is 20.1 Å². The Labute approximate surface area is 191 Å². The van der Waals surface area contributed by atoms with Crippen LogP contribution in [0.15, 0.2) is 53.0 Å². The van der Waals surface area contributed by atoms with Gasteiger partial charge < -0.3 is 15.2 Å². The third kappa shape index (κ3) is 5.40. The number of hydrogen-bond donors (Lipinski definition) is 2. The fourth-order valence-corrected chi connectivity index (χ4v) is 3.84. The summed E-state index contributed by atoms with van der Waals surface area (Å²) < 4.78 is 6.89. The lowest BCUT2D eigenvalue weighted by Gasteiger charge is -2.15. The first kappa shape index (κ1) is 21.4. The Balaban J connectivity index is 1.75. The van der Waals surface area contributed by atoms with Gasteiger partial charge in [0, 0.05) is 37.9 Å². The minimum absolute atomic E-state index is 0.139. The van der Waals surface area contributed by atoms with Gasteiger partial charge in [0.25, 0.3) is 0 Å². The molecule has 0 bridgehead atoms. The van der Waals surface area contributed by atoms with Crippen molar-refractivity contribution in [1.82, 2.24) is 0 Å². The molecule has 0 saturated carbocycles. The van der Waals surface area contributed by atoms with Crippen LogP contribution in [0.1, 0.15) is 11.1 Å². The molecule has 0 heterocycles. The fraction of sp³-hybridized carbons (Fsp3) is 0.100. The van der Waals surface area contributed by atoms with Crippen molar-refractivity contribution in [2.45, 2.75) is 13.2 Å². The molecule has 0 atom stereocenters. The maximum Gasteiger partial charge on any atom is 0.152 e. The monoisotopic (exact) mass is 519 g/mol. The van der Waals surface area contributed by atoms with Gasteiger partial charge in [-0.05, 0) is 42.5 Å². The highest BCUT2D eigenvalue weighted by atomic mass is 79.9. The van der Waals surface area contributed by atoms with Crippen LogP contribution in [-0.4, -0.2) is 5.11 Å². The van der Waals surface area contributed by atoms with Gasteiger partial charge in [0.15, 0.2) is 5.75 Å². The van der Waals surface area contributed by atoms with Gasteiger partial charge in [0.1, 0.15) is 12.4 Å². The van der Waals surface area contributed by atoms with Gasteiger partial charge in [-0.25, -0.2) is 0 Å². The molecule has 0 fully saturated rings.